The molecule has 3 heterocycles. The highest BCUT2D eigenvalue weighted by Gasteiger charge is 2.42. The van der Waals surface area contributed by atoms with Crippen molar-refractivity contribution in [3.8, 4) is 0 Å². The molecule has 2 aliphatic rings. The molecule has 2 fully saturated rings. The van der Waals surface area contributed by atoms with Crippen LogP contribution in [-0.4, -0.2) is 71.3 Å². The number of hydrogen-bond acceptors (Lipinski definition) is 5. The number of carboxylic acid groups (broad SMARTS) is 1. The zero-order valence-corrected chi connectivity index (χ0v) is 13.8. The van der Waals surface area contributed by atoms with Gasteiger partial charge in [0.25, 0.3) is 0 Å². The Kier molecular flexibility index (Phi) is 6.43. The molecular formula is C16H19F3N2O5. The van der Waals surface area contributed by atoms with E-state index in [0.717, 1.165) is 25.2 Å². The Hall–Kier alpha value is -2.33. The smallest absolute Gasteiger partial charge is 0.475 e. The van der Waals surface area contributed by atoms with Crippen LogP contribution in [0.4, 0.5) is 13.2 Å². The molecule has 144 valence electrons. The summed E-state index contributed by atoms with van der Waals surface area (Å²) < 4.78 is 42.5. The number of furan rings is 1. The van der Waals surface area contributed by atoms with E-state index >= 15 is 0 Å². The number of fused-ring (bicyclic) bond motifs is 1. The highest BCUT2D eigenvalue weighted by atomic mass is 19.4. The van der Waals surface area contributed by atoms with Crippen molar-refractivity contribution in [1.29, 1.82) is 0 Å². The van der Waals surface area contributed by atoms with Crippen molar-refractivity contribution in [2.24, 2.45) is 0 Å². The van der Waals surface area contributed by atoms with Crippen molar-refractivity contribution in [2.75, 3.05) is 26.2 Å². The Morgan fingerprint density at radius 2 is 2.12 bits per heavy atom. The van der Waals surface area contributed by atoms with E-state index in [1.54, 1.807) is 18.6 Å². The minimum absolute atomic E-state index is 0.0614. The lowest BCUT2D eigenvalue weighted by atomic mass is 10.1. The molecule has 2 unspecified atom stereocenters. The normalized spacial score (nSPS) is 23.2. The number of hydrogen-bond donors (Lipinski definition) is 1. The third-order valence-electron chi connectivity index (χ3n) is 4.01. The minimum Gasteiger partial charge on any atom is -0.475 e. The van der Waals surface area contributed by atoms with Gasteiger partial charge in [-0.05, 0) is 6.07 Å². The lowest BCUT2D eigenvalue weighted by Gasteiger charge is -2.36. The van der Waals surface area contributed by atoms with Gasteiger partial charge in [-0.15, -0.1) is 6.58 Å². The van der Waals surface area contributed by atoms with Gasteiger partial charge in [0.2, 0.25) is 5.91 Å². The van der Waals surface area contributed by atoms with Crippen molar-refractivity contribution in [2.45, 2.75) is 24.9 Å². The van der Waals surface area contributed by atoms with Crippen LogP contribution in [0.15, 0.2) is 35.7 Å². The van der Waals surface area contributed by atoms with Crippen LogP contribution in [0.2, 0.25) is 0 Å². The van der Waals surface area contributed by atoms with Crippen LogP contribution in [0.5, 0.6) is 0 Å². The summed E-state index contributed by atoms with van der Waals surface area (Å²) in [6.45, 7) is 7.05. The summed E-state index contributed by atoms with van der Waals surface area (Å²) in [4.78, 5) is 25.0. The number of ether oxygens (including phenoxy) is 1. The van der Waals surface area contributed by atoms with Gasteiger partial charge in [0.05, 0.1) is 24.7 Å². The molecule has 0 radical (unpaired) electrons. The molecule has 0 aromatic carbocycles. The second-order valence-electron chi connectivity index (χ2n) is 5.88. The number of amides is 1. The van der Waals surface area contributed by atoms with Crippen molar-refractivity contribution < 1.29 is 37.0 Å². The second-order valence-corrected chi connectivity index (χ2v) is 5.88. The van der Waals surface area contributed by atoms with E-state index in [1.165, 1.54) is 0 Å². The molecule has 0 bridgehead atoms. The van der Waals surface area contributed by atoms with E-state index in [0.29, 0.717) is 6.54 Å². The largest absolute Gasteiger partial charge is 0.490 e. The lowest BCUT2D eigenvalue weighted by Crippen LogP contribution is -2.53. The van der Waals surface area contributed by atoms with E-state index in [4.69, 9.17) is 19.1 Å². The first kappa shape index (κ1) is 20.0. The number of rotatable bonds is 4. The van der Waals surface area contributed by atoms with Crippen LogP contribution in [0.1, 0.15) is 5.56 Å². The zero-order valence-electron chi connectivity index (χ0n) is 13.8. The quantitative estimate of drug-likeness (QED) is 0.802. The average Bonchev–Trinajstić information content (AvgIpc) is 3.20. The van der Waals surface area contributed by atoms with E-state index in [9.17, 15) is 18.0 Å². The monoisotopic (exact) mass is 376 g/mol. The lowest BCUT2D eigenvalue weighted by molar-refractivity contribution is -0.192. The molecule has 3 rings (SSSR count). The summed E-state index contributed by atoms with van der Waals surface area (Å²) in [5.41, 5.74) is 1.15. The summed E-state index contributed by atoms with van der Waals surface area (Å²) in [5, 5.41) is 7.12. The van der Waals surface area contributed by atoms with E-state index in [2.05, 4.69) is 11.5 Å². The Balaban J connectivity index is 0.000000298. The molecule has 0 spiro atoms. The molecule has 2 atom stereocenters. The van der Waals surface area contributed by atoms with E-state index < -0.39 is 12.1 Å². The molecule has 1 amide bonds. The number of carbonyl (C=O) groups excluding carboxylic acids is 1. The fourth-order valence-corrected chi connectivity index (χ4v) is 2.89. The number of alkyl halides is 3. The third-order valence-corrected chi connectivity index (χ3v) is 4.01. The third kappa shape index (κ3) is 5.09. The molecule has 1 N–H and O–H groups in total. The summed E-state index contributed by atoms with van der Waals surface area (Å²) in [5.74, 6) is -2.70. The van der Waals surface area contributed by atoms with Crippen molar-refractivity contribution in [3.05, 3.63) is 36.8 Å². The van der Waals surface area contributed by atoms with E-state index in [1.807, 2.05) is 11.0 Å². The van der Waals surface area contributed by atoms with Gasteiger partial charge >= 0.3 is 12.1 Å². The number of carbonyl (C=O) groups is 2. The maximum atomic E-state index is 11.9. The molecular weight excluding hydrogens is 357 g/mol. The standard InChI is InChI=1S/C14H18N2O3.C2HF3O2/c1-2-4-16-12-7-15(6-11-3-5-18-9-11)8-13(12)19-10-14(16)17;3-2(4,5)1(6)7/h2-3,5,9,12-13H,1,4,6-8,10H2;(H,6,7). The molecule has 1 aromatic heterocycles. The summed E-state index contributed by atoms with van der Waals surface area (Å²) in [6, 6.07) is 2.11. The van der Waals surface area contributed by atoms with Gasteiger partial charge in [0.15, 0.2) is 0 Å². The van der Waals surface area contributed by atoms with Gasteiger partial charge < -0.3 is 19.2 Å². The molecule has 0 saturated carbocycles. The second kappa shape index (κ2) is 8.37. The first-order valence-electron chi connectivity index (χ1n) is 7.78. The molecule has 26 heavy (non-hydrogen) atoms. The number of nitrogens with zero attached hydrogens (tertiary/aromatic N) is 2. The number of likely N-dealkylation sites (tertiary alicyclic amines) is 1. The van der Waals surface area contributed by atoms with Gasteiger partial charge in [-0.2, -0.15) is 13.2 Å². The number of aliphatic carboxylic acids is 1. The first-order valence-corrected chi connectivity index (χ1v) is 7.78. The Labute approximate surface area is 147 Å². The fraction of sp³-hybridized carbons (Fsp3) is 0.500. The highest BCUT2D eigenvalue weighted by Crippen LogP contribution is 2.24. The van der Waals surface area contributed by atoms with Gasteiger partial charge in [0, 0.05) is 31.7 Å². The average molecular weight is 376 g/mol. The fourth-order valence-electron chi connectivity index (χ4n) is 2.89. The summed E-state index contributed by atoms with van der Waals surface area (Å²) in [6.07, 6.45) is 0.251. The maximum Gasteiger partial charge on any atom is 0.490 e. The van der Waals surface area contributed by atoms with Crippen molar-refractivity contribution >= 4 is 11.9 Å². The van der Waals surface area contributed by atoms with Gasteiger partial charge in [-0.3, -0.25) is 9.69 Å². The summed E-state index contributed by atoms with van der Waals surface area (Å²) in [7, 11) is 0. The van der Waals surface area contributed by atoms with Crippen LogP contribution in [0, 0.1) is 0 Å². The predicted molar refractivity (Wildman–Crippen MR) is 83.1 cm³/mol. The molecule has 2 saturated heterocycles. The highest BCUT2D eigenvalue weighted by molar-refractivity contribution is 5.79. The van der Waals surface area contributed by atoms with Crippen LogP contribution in [0.25, 0.3) is 0 Å². The van der Waals surface area contributed by atoms with Crippen LogP contribution in [0.3, 0.4) is 0 Å². The molecule has 10 heteroatoms. The van der Waals surface area contributed by atoms with Gasteiger partial charge in [-0.25, -0.2) is 4.79 Å². The Morgan fingerprint density at radius 1 is 1.42 bits per heavy atom. The van der Waals surface area contributed by atoms with Crippen molar-refractivity contribution in [3.63, 3.8) is 0 Å². The van der Waals surface area contributed by atoms with Crippen LogP contribution >= 0.6 is 0 Å². The van der Waals surface area contributed by atoms with Crippen molar-refractivity contribution in [1.82, 2.24) is 9.80 Å². The number of morpholine rings is 1. The number of halogens is 3. The SMILES string of the molecule is C=CCN1C(=O)COC2CN(Cc3ccoc3)CC21.O=C(O)C(F)(F)F. The molecule has 1 aromatic rings. The summed E-state index contributed by atoms with van der Waals surface area (Å²) >= 11 is 0. The Bertz CT molecular complexity index is 632. The Morgan fingerprint density at radius 3 is 2.65 bits per heavy atom. The topological polar surface area (TPSA) is 83.2 Å². The zero-order chi connectivity index (χ0) is 19.3. The van der Waals surface area contributed by atoms with Crippen LogP contribution in [-0.2, 0) is 20.9 Å². The minimum atomic E-state index is -5.08. The molecule has 0 aliphatic carbocycles. The first-order chi connectivity index (χ1) is 12.2. The molecule has 7 nitrogen and oxygen atoms in total. The van der Waals surface area contributed by atoms with Crippen LogP contribution < -0.4 is 0 Å². The van der Waals surface area contributed by atoms with E-state index in [-0.39, 0.29) is 24.7 Å². The maximum absolute atomic E-state index is 11.9. The van der Waals surface area contributed by atoms with Gasteiger partial charge in [0.1, 0.15) is 6.61 Å². The van der Waals surface area contributed by atoms with Gasteiger partial charge in [-0.1, -0.05) is 6.08 Å². The molecule has 2 aliphatic heterocycles. The number of carboxylic acids is 1. The predicted octanol–water partition coefficient (Wildman–Crippen LogP) is 1.51.